The molecule has 1 aromatic heterocycles. The number of nitrogen functional groups attached to an aromatic ring is 1. The van der Waals surface area contributed by atoms with Crippen LogP contribution in [-0.4, -0.2) is 34.0 Å². The van der Waals surface area contributed by atoms with Gasteiger partial charge in [0.05, 0.1) is 17.4 Å². The summed E-state index contributed by atoms with van der Waals surface area (Å²) in [6, 6.07) is 1.41. The molecular weight excluding hydrogens is 240 g/mol. The van der Waals surface area contributed by atoms with Gasteiger partial charge in [-0.15, -0.1) is 0 Å². The van der Waals surface area contributed by atoms with Crippen molar-refractivity contribution in [1.82, 2.24) is 4.98 Å². The number of pyridine rings is 1. The third-order valence-electron chi connectivity index (χ3n) is 2.75. The maximum Gasteiger partial charge on any atom is 0.337 e. The van der Waals surface area contributed by atoms with Crippen molar-refractivity contribution in [1.29, 1.82) is 0 Å². The second-order valence-corrected chi connectivity index (χ2v) is 5.13. The van der Waals surface area contributed by atoms with E-state index >= 15 is 0 Å². The van der Waals surface area contributed by atoms with Gasteiger partial charge in [-0.2, -0.15) is 0 Å². The minimum atomic E-state index is -1.03. The number of anilines is 1. The van der Waals surface area contributed by atoms with Crippen LogP contribution >= 0.6 is 11.8 Å². The summed E-state index contributed by atoms with van der Waals surface area (Å²) in [7, 11) is 0. The van der Waals surface area contributed by atoms with Gasteiger partial charge in [-0.05, 0) is 19.4 Å². The summed E-state index contributed by atoms with van der Waals surface area (Å²) >= 11 is 1.49. The number of hydrogen-bond acceptors (Lipinski definition) is 5. The second kappa shape index (κ2) is 4.93. The number of rotatable bonds is 3. The van der Waals surface area contributed by atoms with Crippen LogP contribution in [0.5, 0.6) is 0 Å². The molecule has 1 aliphatic rings. The Morgan fingerprint density at radius 3 is 3.06 bits per heavy atom. The van der Waals surface area contributed by atoms with Crippen LogP contribution in [0.1, 0.15) is 23.7 Å². The maximum absolute atomic E-state index is 10.9. The average Bonchev–Trinajstić information content (AvgIpc) is 2.67. The van der Waals surface area contributed by atoms with Crippen LogP contribution in [0.4, 0.5) is 5.69 Å². The lowest BCUT2D eigenvalue weighted by atomic mass is 10.2. The first-order chi connectivity index (χ1) is 8.09. The lowest BCUT2D eigenvalue weighted by molar-refractivity contribution is 0.0697. The molecule has 92 valence electrons. The van der Waals surface area contributed by atoms with E-state index in [0.29, 0.717) is 5.03 Å². The second-order valence-electron chi connectivity index (χ2n) is 3.90. The fraction of sp³-hybridized carbons (Fsp3) is 0.455. The van der Waals surface area contributed by atoms with Gasteiger partial charge in [-0.3, -0.25) is 0 Å². The highest BCUT2D eigenvalue weighted by atomic mass is 32.2. The molecule has 6 heteroatoms. The predicted octanol–water partition coefficient (Wildman–Crippen LogP) is 1.63. The zero-order valence-electron chi connectivity index (χ0n) is 9.42. The molecule has 0 amide bonds. The number of thioether (sulfide) groups is 1. The van der Waals surface area contributed by atoms with Crippen LogP contribution in [0.15, 0.2) is 17.3 Å². The summed E-state index contributed by atoms with van der Waals surface area (Å²) in [6.07, 6.45) is 2.56. The number of carboxylic acid groups (broad SMARTS) is 1. The minimum Gasteiger partial charge on any atom is -0.478 e. The number of hydrogen-bond donors (Lipinski definition) is 2. The molecule has 0 bridgehead atoms. The molecule has 1 fully saturated rings. The van der Waals surface area contributed by atoms with E-state index < -0.39 is 5.97 Å². The van der Waals surface area contributed by atoms with Crippen molar-refractivity contribution >= 4 is 23.4 Å². The monoisotopic (exact) mass is 254 g/mol. The fourth-order valence-electron chi connectivity index (χ4n) is 1.74. The van der Waals surface area contributed by atoms with Crippen LogP contribution in [0, 0.1) is 0 Å². The Hall–Kier alpha value is -1.27. The summed E-state index contributed by atoms with van der Waals surface area (Å²) in [6.45, 7) is 2.74. The van der Waals surface area contributed by atoms with E-state index in [2.05, 4.69) is 4.98 Å². The third kappa shape index (κ3) is 2.53. The molecule has 2 unspecified atom stereocenters. The van der Waals surface area contributed by atoms with Crippen molar-refractivity contribution in [3.05, 3.63) is 17.8 Å². The van der Waals surface area contributed by atoms with Crippen molar-refractivity contribution in [2.24, 2.45) is 0 Å². The van der Waals surface area contributed by atoms with Crippen LogP contribution in [0.2, 0.25) is 0 Å². The Bertz CT molecular complexity index is 439. The molecule has 1 aromatic rings. The molecule has 0 radical (unpaired) electrons. The molecule has 1 aliphatic heterocycles. The molecule has 17 heavy (non-hydrogen) atoms. The zero-order chi connectivity index (χ0) is 12.4. The first kappa shape index (κ1) is 12.2. The van der Waals surface area contributed by atoms with Gasteiger partial charge in [0.15, 0.2) is 0 Å². The van der Waals surface area contributed by atoms with Crippen LogP contribution in [-0.2, 0) is 4.74 Å². The van der Waals surface area contributed by atoms with E-state index in [-0.39, 0.29) is 22.6 Å². The number of carboxylic acids is 1. The lowest BCUT2D eigenvalue weighted by Crippen LogP contribution is -2.14. The Balaban J connectivity index is 2.21. The number of aromatic carboxylic acids is 1. The Labute approximate surface area is 103 Å². The third-order valence-corrected chi connectivity index (χ3v) is 4.22. The molecule has 0 aromatic carbocycles. The van der Waals surface area contributed by atoms with Gasteiger partial charge in [0.1, 0.15) is 5.03 Å². The first-order valence-electron chi connectivity index (χ1n) is 5.35. The Morgan fingerprint density at radius 1 is 1.71 bits per heavy atom. The number of nitrogens with two attached hydrogens (primary N) is 1. The summed E-state index contributed by atoms with van der Waals surface area (Å²) in [5.41, 5.74) is 6.15. The highest BCUT2D eigenvalue weighted by Crippen LogP contribution is 2.35. The molecule has 2 atom stereocenters. The number of nitrogens with zero attached hydrogens (tertiary/aromatic N) is 1. The Morgan fingerprint density at radius 2 is 2.47 bits per heavy atom. The largest absolute Gasteiger partial charge is 0.478 e. The van der Waals surface area contributed by atoms with Crippen LogP contribution in [0.25, 0.3) is 0 Å². The van der Waals surface area contributed by atoms with E-state index in [4.69, 9.17) is 15.6 Å². The molecule has 5 nitrogen and oxygen atoms in total. The smallest absolute Gasteiger partial charge is 0.337 e. The van der Waals surface area contributed by atoms with Gasteiger partial charge in [-0.1, -0.05) is 11.8 Å². The fourth-order valence-corrected chi connectivity index (χ4v) is 2.87. The molecule has 3 N–H and O–H groups in total. The standard InChI is InChI=1S/C11H14N2O3S/c1-6-8(3-5-16-6)17-10-9(12)7(11(14)15)2-4-13-10/h2,4,6,8H,3,5,12H2,1H3,(H,14,15). The van der Waals surface area contributed by atoms with Gasteiger partial charge in [-0.25, -0.2) is 9.78 Å². The summed E-state index contributed by atoms with van der Waals surface area (Å²) in [4.78, 5) is 15.1. The van der Waals surface area contributed by atoms with Gasteiger partial charge in [0, 0.05) is 18.1 Å². The number of ether oxygens (including phenoxy) is 1. The molecule has 0 spiro atoms. The van der Waals surface area contributed by atoms with Gasteiger partial charge in [0.25, 0.3) is 0 Å². The number of aromatic nitrogens is 1. The number of carbonyl (C=O) groups is 1. The van der Waals surface area contributed by atoms with Gasteiger partial charge in [0.2, 0.25) is 0 Å². The Kier molecular flexibility index (Phi) is 3.54. The van der Waals surface area contributed by atoms with Crippen molar-refractivity contribution in [3.63, 3.8) is 0 Å². The summed E-state index contributed by atoms with van der Waals surface area (Å²) < 4.78 is 5.45. The molecule has 1 saturated heterocycles. The molecule has 2 rings (SSSR count). The predicted molar refractivity (Wildman–Crippen MR) is 65.3 cm³/mol. The highest BCUT2D eigenvalue weighted by Gasteiger charge is 2.27. The molecule has 0 saturated carbocycles. The van der Waals surface area contributed by atoms with Gasteiger partial charge >= 0.3 is 5.97 Å². The maximum atomic E-state index is 10.9. The van der Waals surface area contributed by atoms with Crippen molar-refractivity contribution in [3.8, 4) is 0 Å². The van der Waals surface area contributed by atoms with Crippen molar-refractivity contribution in [2.45, 2.75) is 29.7 Å². The average molecular weight is 254 g/mol. The SMILES string of the molecule is CC1OCCC1Sc1nccc(C(=O)O)c1N. The zero-order valence-corrected chi connectivity index (χ0v) is 10.2. The van der Waals surface area contributed by atoms with E-state index in [9.17, 15) is 4.79 Å². The minimum absolute atomic E-state index is 0.106. The highest BCUT2D eigenvalue weighted by molar-refractivity contribution is 8.00. The lowest BCUT2D eigenvalue weighted by Gasteiger charge is -2.14. The van der Waals surface area contributed by atoms with E-state index in [0.717, 1.165) is 13.0 Å². The first-order valence-corrected chi connectivity index (χ1v) is 6.23. The van der Waals surface area contributed by atoms with Crippen molar-refractivity contribution in [2.75, 3.05) is 12.3 Å². The van der Waals surface area contributed by atoms with Crippen LogP contribution < -0.4 is 5.73 Å². The normalized spacial score (nSPS) is 23.8. The summed E-state index contributed by atoms with van der Waals surface area (Å²) in [5.74, 6) is -1.03. The summed E-state index contributed by atoms with van der Waals surface area (Å²) in [5, 5.41) is 9.82. The molecular formula is C11H14N2O3S. The van der Waals surface area contributed by atoms with Crippen LogP contribution in [0.3, 0.4) is 0 Å². The quantitative estimate of drug-likeness (QED) is 0.852. The molecule has 2 heterocycles. The van der Waals surface area contributed by atoms with E-state index in [1.54, 1.807) is 0 Å². The topological polar surface area (TPSA) is 85.4 Å². The van der Waals surface area contributed by atoms with Gasteiger partial charge < -0.3 is 15.6 Å². The van der Waals surface area contributed by atoms with E-state index in [1.165, 1.54) is 24.0 Å². The molecule has 0 aliphatic carbocycles. The van der Waals surface area contributed by atoms with E-state index in [1.807, 2.05) is 6.92 Å². The van der Waals surface area contributed by atoms with Crippen molar-refractivity contribution < 1.29 is 14.6 Å².